The maximum atomic E-state index is 12.7. The summed E-state index contributed by atoms with van der Waals surface area (Å²) >= 11 is 1.15. The first-order chi connectivity index (χ1) is 15.9. The molecule has 0 saturated carbocycles. The third kappa shape index (κ3) is 5.51. The van der Waals surface area contributed by atoms with Crippen molar-refractivity contribution < 1.29 is 9.59 Å². The number of aromatic nitrogens is 3. The van der Waals surface area contributed by atoms with Crippen molar-refractivity contribution >= 4 is 34.5 Å². The summed E-state index contributed by atoms with van der Waals surface area (Å²) in [5.74, 6) is -0.503. The molecule has 0 radical (unpaired) electrons. The molecule has 0 saturated heterocycles. The fourth-order valence-corrected chi connectivity index (χ4v) is 4.12. The van der Waals surface area contributed by atoms with Crippen LogP contribution in [0.4, 0.5) is 11.4 Å². The van der Waals surface area contributed by atoms with Crippen molar-refractivity contribution in [2.75, 3.05) is 24.7 Å². The predicted molar refractivity (Wildman–Crippen MR) is 130 cm³/mol. The van der Waals surface area contributed by atoms with Crippen LogP contribution in [0, 0.1) is 6.92 Å². The maximum absolute atomic E-state index is 12.7. The van der Waals surface area contributed by atoms with Gasteiger partial charge in [0.2, 0.25) is 0 Å². The molecule has 0 unspecified atom stereocenters. The Morgan fingerprint density at radius 1 is 0.970 bits per heavy atom. The molecule has 2 amide bonds. The molecule has 4 rings (SSSR count). The number of carbonyl (C=O) groups is 2. The van der Waals surface area contributed by atoms with Crippen LogP contribution in [-0.2, 0) is 6.54 Å². The second-order valence-electron chi connectivity index (χ2n) is 7.85. The van der Waals surface area contributed by atoms with Crippen LogP contribution in [-0.4, -0.2) is 45.6 Å². The number of hydrogen-bond donors (Lipinski definition) is 2. The van der Waals surface area contributed by atoms with Crippen LogP contribution in [0.5, 0.6) is 0 Å². The lowest BCUT2D eigenvalue weighted by molar-refractivity contribution is 0.102. The Kier molecular flexibility index (Phi) is 6.62. The number of thiophene rings is 1. The summed E-state index contributed by atoms with van der Waals surface area (Å²) in [5.41, 5.74) is 4.42. The second kappa shape index (κ2) is 9.76. The quantitative estimate of drug-likeness (QED) is 0.431. The first kappa shape index (κ1) is 22.4. The average molecular weight is 461 g/mol. The zero-order chi connectivity index (χ0) is 23.4. The van der Waals surface area contributed by atoms with E-state index >= 15 is 0 Å². The third-order valence-corrected chi connectivity index (χ3v) is 5.98. The van der Waals surface area contributed by atoms with E-state index in [1.165, 1.54) is 11.9 Å². The molecule has 9 heteroatoms. The van der Waals surface area contributed by atoms with Crippen molar-refractivity contribution in [3.63, 3.8) is 0 Å². The molecule has 33 heavy (non-hydrogen) atoms. The van der Waals surface area contributed by atoms with Gasteiger partial charge in [-0.15, -0.1) is 11.3 Å². The van der Waals surface area contributed by atoms with Gasteiger partial charge in [0.1, 0.15) is 12.7 Å². The number of rotatable bonds is 7. The molecular formula is C24H24N6O2S. The first-order valence-corrected chi connectivity index (χ1v) is 11.1. The summed E-state index contributed by atoms with van der Waals surface area (Å²) in [6, 6.07) is 16.6. The fourth-order valence-electron chi connectivity index (χ4n) is 3.33. The van der Waals surface area contributed by atoms with Crippen molar-refractivity contribution in [3.05, 3.63) is 88.1 Å². The van der Waals surface area contributed by atoms with Crippen molar-refractivity contribution in [1.82, 2.24) is 19.7 Å². The van der Waals surface area contributed by atoms with E-state index in [0.717, 1.165) is 34.8 Å². The van der Waals surface area contributed by atoms with Gasteiger partial charge in [0.25, 0.3) is 11.8 Å². The first-order valence-electron chi connectivity index (χ1n) is 10.3. The largest absolute Gasteiger partial charge is 0.321 e. The number of hydrogen-bond acceptors (Lipinski definition) is 6. The minimum atomic E-state index is -0.267. The molecule has 4 aromatic rings. The molecule has 2 heterocycles. The van der Waals surface area contributed by atoms with E-state index in [0.29, 0.717) is 15.4 Å². The van der Waals surface area contributed by atoms with Crippen molar-refractivity contribution in [2.24, 2.45) is 0 Å². The van der Waals surface area contributed by atoms with Crippen LogP contribution in [0.15, 0.2) is 67.3 Å². The van der Waals surface area contributed by atoms with Gasteiger partial charge in [-0.2, -0.15) is 5.10 Å². The van der Waals surface area contributed by atoms with Crippen molar-refractivity contribution in [3.8, 4) is 5.69 Å². The van der Waals surface area contributed by atoms with Gasteiger partial charge < -0.3 is 15.5 Å². The Bertz CT molecular complexity index is 1260. The fraction of sp³-hybridized carbons (Fsp3) is 0.167. The normalized spacial score (nSPS) is 10.9. The summed E-state index contributed by atoms with van der Waals surface area (Å²) in [5, 5.41) is 9.87. The van der Waals surface area contributed by atoms with Gasteiger partial charge in [0, 0.05) is 17.9 Å². The van der Waals surface area contributed by atoms with Crippen molar-refractivity contribution in [2.45, 2.75) is 13.5 Å². The highest BCUT2D eigenvalue weighted by Crippen LogP contribution is 2.22. The zero-order valence-electron chi connectivity index (χ0n) is 18.6. The standard InChI is InChI=1S/C24H24N6O2S/c1-16-12-17(13-29(2)3)4-9-20(16)28-24(32)22-11-10-21(33-22)23(31)27-18-5-7-19(8-6-18)30-15-25-14-26-30/h4-12,14-15H,13H2,1-3H3,(H,27,31)(H,28,32). The van der Waals surface area contributed by atoms with Gasteiger partial charge in [-0.1, -0.05) is 12.1 Å². The molecule has 2 aromatic carbocycles. The lowest BCUT2D eigenvalue weighted by Gasteiger charge is -2.13. The Morgan fingerprint density at radius 3 is 2.27 bits per heavy atom. The Morgan fingerprint density at radius 2 is 1.67 bits per heavy atom. The molecule has 8 nitrogen and oxygen atoms in total. The number of nitrogens with one attached hydrogen (secondary N) is 2. The lowest BCUT2D eigenvalue weighted by Crippen LogP contribution is -2.13. The van der Waals surface area contributed by atoms with E-state index < -0.39 is 0 Å². The Hall–Kier alpha value is -3.82. The third-order valence-electron chi connectivity index (χ3n) is 4.90. The molecule has 0 bridgehead atoms. The molecule has 0 fully saturated rings. The van der Waals surface area contributed by atoms with Crippen LogP contribution in [0.1, 0.15) is 30.5 Å². The Balaban J connectivity index is 1.39. The van der Waals surface area contributed by atoms with Gasteiger partial charge in [-0.25, -0.2) is 9.67 Å². The summed E-state index contributed by atoms with van der Waals surface area (Å²) in [6.07, 6.45) is 3.06. The zero-order valence-corrected chi connectivity index (χ0v) is 19.4. The number of nitrogens with zero attached hydrogens (tertiary/aromatic N) is 4. The van der Waals surface area contributed by atoms with Gasteiger partial charge in [-0.05, 0) is 74.6 Å². The molecule has 168 valence electrons. The topological polar surface area (TPSA) is 92.2 Å². The molecule has 2 N–H and O–H groups in total. The van der Waals surface area contributed by atoms with Crippen LogP contribution < -0.4 is 10.6 Å². The number of anilines is 2. The van der Waals surface area contributed by atoms with E-state index in [4.69, 9.17) is 0 Å². The van der Waals surface area contributed by atoms with E-state index in [1.54, 1.807) is 35.3 Å². The van der Waals surface area contributed by atoms with Gasteiger partial charge >= 0.3 is 0 Å². The minimum absolute atomic E-state index is 0.236. The molecule has 0 aliphatic carbocycles. The number of aryl methyl sites for hydroxylation is 1. The summed E-state index contributed by atoms with van der Waals surface area (Å²) < 4.78 is 1.63. The lowest BCUT2D eigenvalue weighted by atomic mass is 10.1. The van der Waals surface area contributed by atoms with Crippen LogP contribution >= 0.6 is 11.3 Å². The number of carbonyl (C=O) groups excluding carboxylic acids is 2. The van der Waals surface area contributed by atoms with Crippen LogP contribution in [0.3, 0.4) is 0 Å². The van der Waals surface area contributed by atoms with E-state index in [2.05, 4.69) is 31.7 Å². The molecule has 0 spiro atoms. The maximum Gasteiger partial charge on any atom is 0.265 e. The molecular weight excluding hydrogens is 436 g/mol. The SMILES string of the molecule is Cc1cc(CN(C)C)ccc1NC(=O)c1ccc(C(=O)Nc2ccc(-n3cncn3)cc2)s1. The number of benzene rings is 2. The van der Waals surface area contributed by atoms with Gasteiger partial charge in [0.15, 0.2) is 0 Å². The van der Waals surface area contributed by atoms with Gasteiger partial charge in [0.05, 0.1) is 15.4 Å². The Labute approximate surface area is 195 Å². The molecule has 0 aliphatic heterocycles. The molecule has 2 aromatic heterocycles. The average Bonchev–Trinajstić information content (AvgIpc) is 3.48. The minimum Gasteiger partial charge on any atom is -0.321 e. The highest BCUT2D eigenvalue weighted by molar-refractivity contribution is 7.16. The monoisotopic (exact) mass is 460 g/mol. The predicted octanol–water partition coefficient (Wildman–Crippen LogP) is 4.20. The van der Waals surface area contributed by atoms with Crippen molar-refractivity contribution in [1.29, 1.82) is 0 Å². The molecule has 0 aliphatic rings. The van der Waals surface area contributed by atoms with Gasteiger partial charge in [-0.3, -0.25) is 9.59 Å². The summed E-state index contributed by atoms with van der Waals surface area (Å²) in [7, 11) is 4.03. The highest BCUT2D eigenvalue weighted by atomic mass is 32.1. The summed E-state index contributed by atoms with van der Waals surface area (Å²) in [4.78, 5) is 32.3. The summed E-state index contributed by atoms with van der Waals surface area (Å²) in [6.45, 7) is 2.80. The highest BCUT2D eigenvalue weighted by Gasteiger charge is 2.15. The van der Waals surface area contributed by atoms with E-state index in [9.17, 15) is 9.59 Å². The number of amides is 2. The molecule has 0 atom stereocenters. The van der Waals surface area contributed by atoms with E-state index in [-0.39, 0.29) is 11.8 Å². The second-order valence-corrected chi connectivity index (χ2v) is 8.93. The van der Waals surface area contributed by atoms with E-state index in [1.807, 2.05) is 45.3 Å². The van der Waals surface area contributed by atoms with Crippen LogP contribution in [0.25, 0.3) is 5.69 Å². The van der Waals surface area contributed by atoms with Crippen LogP contribution in [0.2, 0.25) is 0 Å². The smallest absolute Gasteiger partial charge is 0.265 e.